The number of hydrogen-bond donors (Lipinski definition) is 0. The van der Waals surface area contributed by atoms with Crippen LogP contribution in [-0.4, -0.2) is 23.0 Å². The van der Waals surface area contributed by atoms with Gasteiger partial charge >= 0.3 is 5.69 Å². The van der Waals surface area contributed by atoms with Crippen molar-refractivity contribution >= 4 is 11.5 Å². The van der Waals surface area contributed by atoms with E-state index in [0.717, 1.165) is 19.5 Å². The van der Waals surface area contributed by atoms with Gasteiger partial charge in [0.05, 0.1) is 4.92 Å². The maximum Gasteiger partial charge on any atom is 0.329 e. The number of anilines is 1. The number of nitriles is 1. The molecule has 1 aliphatic heterocycles. The molecule has 2 fully saturated rings. The number of hydrogen-bond acceptors (Lipinski definition) is 5. The summed E-state index contributed by atoms with van der Waals surface area (Å²) in [7, 11) is 0. The minimum absolute atomic E-state index is 0.0884. The summed E-state index contributed by atoms with van der Waals surface area (Å²) in [5, 5.41) is 20.2. The molecule has 0 aromatic carbocycles. The number of nitro groups is 1. The molecular weight excluding hydrogens is 244 g/mol. The van der Waals surface area contributed by atoms with Crippen LogP contribution in [0.4, 0.5) is 11.5 Å². The molecule has 0 atom stereocenters. The lowest BCUT2D eigenvalue weighted by molar-refractivity contribution is -0.384. The summed E-state index contributed by atoms with van der Waals surface area (Å²) in [5.74, 6) is 0.357. The molecule has 1 saturated carbocycles. The molecule has 0 radical (unpaired) electrons. The Labute approximate surface area is 110 Å². The van der Waals surface area contributed by atoms with Crippen molar-refractivity contribution in [2.24, 2.45) is 5.41 Å². The zero-order valence-electron chi connectivity index (χ0n) is 10.5. The minimum Gasteiger partial charge on any atom is -0.350 e. The van der Waals surface area contributed by atoms with Gasteiger partial charge in [-0.15, -0.1) is 0 Å². The third-order valence-corrected chi connectivity index (χ3v) is 4.13. The Balaban J connectivity index is 2.00. The van der Waals surface area contributed by atoms with Crippen molar-refractivity contribution in [3.05, 3.63) is 27.9 Å². The summed E-state index contributed by atoms with van der Waals surface area (Å²) in [6.45, 7) is 1.61. The zero-order valence-corrected chi connectivity index (χ0v) is 10.5. The predicted molar refractivity (Wildman–Crippen MR) is 68.7 cm³/mol. The average molecular weight is 258 g/mol. The van der Waals surface area contributed by atoms with Crippen molar-refractivity contribution in [3.63, 3.8) is 0 Å². The second kappa shape index (κ2) is 4.19. The molecule has 0 bridgehead atoms. The first-order valence-corrected chi connectivity index (χ1v) is 6.44. The normalized spacial score (nSPS) is 20.1. The van der Waals surface area contributed by atoms with Crippen LogP contribution < -0.4 is 4.90 Å². The highest BCUT2D eigenvalue weighted by molar-refractivity contribution is 5.65. The summed E-state index contributed by atoms with van der Waals surface area (Å²) in [4.78, 5) is 16.9. The fourth-order valence-corrected chi connectivity index (χ4v) is 2.92. The van der Waals surface area contributed by atoms with Gasteiger partial charge in [-0.25, -0.2) is 4.98 Å². The quantitative estimate of drug-likeness (QED) is 0.600. The Morgan fingerprint density at radius 3 is 2.89 bits per heavy atom. The molecule has 2 heterocycles. The van der Waals surface area contributed by atoms with Gasteiger partial charge in [0.15, 0.2) is 0 Å². The maximum atomic E-state index is 11.2. The van der Waals surface area contributed by atoms with Gasteiger partial charge in [0.1, 0.15) is 11.6 Å². The smallest absolute Gasteiger partial charge is 0.329 e. The molecule has 98 valence electrons. The number of nitrogens with zero attached hydrogens (tertiary/aromatic N) is 4. The molecule has 6 nitrogen and oxygen atoms in total. The van der Waals surface area contributed by atoms with E-state index in [1.807, 2.05) is 11.0 Å². The third-order valence-electron chi connectivity index (χ3n) is 4.13. The molecule has 1 spiro atoms. The number of pyridine rings is 1. The topological polar surface area (TPSA) is 83.1 Å². The van der Waals surface area contributed by atoms with E-state index in [1.165, 1.54) is 31.5 Å². The zero-order chi connectivity index (χ0) is 13.5. The average Bonchev–Trinajstić information content (AvgIpc) is 3.16. The number of rotatable bonds is 2. The lowest BCUT2D eigenvalue weighted by Crippen LogP contribution is -2.37. The van der Waals surface area contributed by atoms with E-state index in [4.69, 9.17) is 5.26 Å². The Morgan fingerprint density at radius 2 is 2.26 bits per heavy atom. The van der Waals surface area contributed by atoms with Gasteiger partial charge in [0.2, 0.25) is 5.82 Å². The van der Waals surface area contributed by atoms with Crippen molar-refractivity contribution in [3.8, 4) is 6.07 Å². The minimum atomic E-state index is -0.491. The lowest BCUT2D eigenvalue weighted by Gasteiger charge is -2.33. The van der Waals surface area contributed by atoms with E-state index in [-0.39, 0.29) is 11.3 Å². The first-order chi connectivity index (χ1) is 9.15. The Morgan fingerprint density at radius 1 is 1.47 bits per heavy atom. The van der Waals surface area contributed by atoms with Crippen LogP contribution >= 0.6 is 0 Å². The second-order valence-corrected chi connectivity index (χ2v) is 5.42. The van der Waals surface area contributed by atoms with E-state index in [9.17, 15) is 10.1 Å². The largest absolute Gasteiger partial charge is 0.350 e. The number of piperidine rings is 1. The van der Waals surface area contributed by atoms with Crippen LogP contribution in [0.2, 0.25) is 0 Å². The molecule has 1 aromatic rings. The highest BCUT2D eigenvalue weighted by atomic mass is 16.6. The van der Waals surface area contributed by atoms with Crippen molar-refractivity contribution in [1.82, 2.24) is 4.98 Å². The molecule has 6 heteroatoms. The summed E-state index contributed by atoms with van der Waals surface area (Å²) >= 11 is 0. The van der Waals surface area contributed by atoms with Crippen molar-refractivity contribution in [2.45, 2.75) is 25.7 Å². The van der Waals surface area contributed by atoms with Crippen molar-refractivity contribution in [1.29, 1.82) is 5.26 Å². The molecule has 0 unspecified atom stereocenters. The van der Waals surface area contributed by atoms with Gasteiger partial charge in [-0.2, -0.15) is 5.26 Å². The van der Waals surface area contributed by atoms with Gasteiger partial charge < -0.3 is 4.90 Å². The van der Waals surface area contributed by atoms with Crippen LogP contribution in [0.5, 0.6) is 0 Å². The van der Waals surface area contributed by atoms with E-state index < -0.39 is 4.92 Å². The Hall–Kier alpha value is -2.16. The fraction of sp³-hybridized carbons (Fsp3) is 0.538. The lowest BCUT2D eigenvalue weighted by atomic mass is 9.95. The molecular formula is C13H14N4O2. The van der Waals surface area contributed by atoms with E-state index in [1.54, 1.807) is 0 Å². The van der Waals surface area contributed by atoms with Crippen LogP contribution in [0, 0.1) is 26.9 Å². The van der Waals surface area contributed by atoms with Crippen molar-refractivity contribution < 1.29 is 4.92 Å². The molecule has 1 aliphatic carbocycles. The molecule has 0 N–H and O–H groups in total. The monoisotopic (exact) mass is 258 g/mol. The van der Waals surface area contributed by atoms with E-state index in [2.05, 4.69) is 4.98 Å². The summed E-state index contributed by atoms with van der Waals surface area (Å²) in [6.07, 6.45) is 6.13. The molecule has 2 aliphatic rings. The highest BCUT2D eigenvalue weighted by Gasteiger charge is 2.46. The van der Waals surface area contributed by atoms with Crippen LogP contribution in [0.25, 0.3) is 0 Å². The van der Waals surface area contributed by atoms with E-state index in [0.29, 0.717) is 11.2 Å². The summed E-state index contributed by atoms with van der Waals surface area (Å²) in [5.41, 5.74) is 0.296. The van der Waals surface area contributed by atoms with Gasteiger partial charge in [-0.05, 0) is 37.2 Å². The van der Waals surface area contributed by atoms with Crippen molar-refractivity contribution in [2.75, 3.05) is 18.0 Å². The third kappa shape index (κ3) is 2.01. The second-order valence-electron chi connectivity index (χ2n) is 5.42. The Kier molecular flexibility index (Phi) is 2.63. The SMILES string of the molecule is N#Cc1ccnc(N2CCCC3(CC3)C2)c1[N+](=O)[O-]. The van der Waals surface area contributed by atoms with Gasteiger partial charge in [0, 0.05) is 19.3 Å². The first-order valence-electron chi connectivity index (χ1n) is 6.44. The first kappa shape index (κ1) is 11.9. The highest BCUT2D eigenvalue weighted by Crippen LogP contribution is 2.53. The van der Waals surface area contributed by atoms with Crippen LogP contribution in [0.3, 0.4) is 0 Å². The van der Waals surface area contributed by atoms with E-state index >= 15 is 0 Å². The maximum absolute atomic E-state index is 11.2. The van der Waals surface area contributed by atoms with Gasteiger partial charge in [-0.1, -0.05) is 0 Å². The van der Waals surface area contributed by atoms with Gasteiger partial charge in [0.25, 0.3) is 0 Å². The molecule has 0 amide bonds. The molecule has 1 saturated heterocycles. The fourth-order valence-electron chi connectivity index (χ4n) is 2.92. The standard InChI is InChI=1S/C13H14N4O2/c14-8-10-2-6-15-12(11(10)17(18)19)16-7-1-3-13(9-16)4-5-13/h2,6H,1,3-5,7,9H2. The Bertz CT molecular complexity index is 574. The van der Waals surface area contributed by atoms with Crippen LogP contribution in [0.15, 0.2) is 12.3 Å². The van der Waals surface area contributed by atoms with Crippen LogP contribution in [-0.2, 0) is 0 Å². The molecule has 3 rings (SSSR count). The summed E-state index contributed by atoms with van der Waals surface area (Å²) < 4.78 is 0. The molecule has 19 heavy (non-hydrogen) atoms. The number of aromatic nitrogens is 1. The predicted octanol–water partition coefficient (Wildman–Crippen LogP) is 2.24. The van der Waals surface area contributed by atoms with Gasteiger partial charge in [-0.3, -0.25) is 10.1 Å². The molecule has 1 aromatic heterocycles. The summed E-state index contributed by atoms with van der Waals surface area (Å²) in [6, 6.07) is 3.29. The van der Waals surface area contributed by atoms with Crippen LogP contribution in [0.1, 0.15) is 31.2 Å².